The van der Waals surface area contributed by atoms with Crippen molar-refractivity contribution in [2.45, 2.75) is 365 Å². The Morgan fingerprint density at radius 2 is 0.802 bits per heavy atom. The van der Waals surface area contributed by atoms with Crippen molar-refractivity contribution >= 4 is 11.9 Å². The summed E-state index contributed by atoms with van der Waals surface area (Å²) in [7, 11) is 0. The molecule has 6 N–H and O–H groups in total. The topological polar surface area (TPSA) is 175 Å². The van der Waals surface area contributed by atoms with E-state index in [1.807, 2.05) is 6.08 Å². The molecule has 1 rings (SSSR count). The second-order valence-electron chi connectivity index (χ2n) is 23.9. The summed E-state index contributed by atoms with van der Waals surface area (Å²) >= 11 is 0. The first-order chi connectivity index (χ1) is 39.7. The summed E-state index contributed by atoms with van der Waals surface area (Å²) in [6.07, 6.45) is 67.0. The van der Waals surface area contributed by atoms with Gasteiger partial charge in [-0.1, -0.05) is 262 Å². The van der Waals surface area contributed by atoms with Crippen LogP contribution in [-0.4, -0.2) is 100 Å². The van der Waals surface area contributed by atoms with Gasteiger partial charge in [0.05, 0.1) is 32.0 Å². The summed E-state index contributed by atoms with van der Waals surface area (Å²) in [5, 5.41) is 54.2. The van der Waals surface area contributed by atoms with Gasteiger partial charge in [-0.2, -0.15) is 0 Å². The lowest BCUT2D eigenvalue weighted by atomic mass is 9.99. The molecule has 1 heterocycles. The van der Waals surface area contributed by atoms with E-state index in [9.17, 15) is 35.1 Å². The zero-order chi connectivity index (χ0) is 58.7. The molecule has 0 bridgehead atoms. The summed E-state index contributed by atoms with van der Waals surface area (Å²) < 4.78 is 16.7. The maximum Gasteiger partial charge on any atom is 0.305 e. The molecular formula is C70H129NO10. The van der Waals surface area contributed by atoms with Crippen LogP contribution in [-0.2, 0) is 23.8 Å². The summed E-state index contributed by atoms with van der Waals surface area (Å²) in [4.78, 5) is 25.0. The molecule has 1 amide bonds. The molecule has 0 aromatic rings. The number of hydrogen-bond acceptors (Lipinski definition) is 10. The Labute approximate surface area is 497 Å². The molecule has 1 aliphatic rings. The molecular weight excluding hydrogens is 1010 g/mol. The van der Waals surface area contributed by atoms with E-state index in [2.05, 4.69) is 55.6 Å². The molecule has 7 atom stereocenters. The van der Waals surface area contributed by atoms with Crippen LogP contribution in [0.15, 0.2) is 48.6 Å². The van der Waals surface area contributed by atoms with Gasteiger partial charge < -0.3 is 45.1 Å². The molecule has 0 aromatic heterocycles. The Kier molecular flexibility index (Phi) is 56.2. The number of ether oxygens (including phenoxy) is 3. The zero-order valence-electron chi connectivity index (χ0n) is 52.5. The van der Waals surface area contributed by atoms with Crippen LogP contribution in [0.3, 0.4) is 0 Å². The van der Waals surface area contributed by atoms with Crippen molar-refractivity contribution in [2.24, 2.45) is 0 Å². The number of carbonyl (C=O) groups excluding carboxylic acids is 2. The number of amides is 1. The summed E-state index contributed by atoms with van der Waals surface area (Å²) in [5.41, 5.74) is 0. The van der Waals surface area contributed by atoms with E-state index in [-0.39, 0.29) is 18.5 Å². The Morgan fingerprint density at radius 3 is 1.22 bits per heavy atom. The molecule has 474 valence electrons. The van der Waals surface area contributed by atoms with Crippen LogP contribution in [0.2, 0.25) is 0 Å². The average molecular weight is 1140 g/mol. The first-order valence-electron chi connectivity index (χ1n) is 34.4. The molecule has 11 heteroatoms. The molecule has 0 radical (unpaired) electrons. The second-order valence-corrected chi connectivity index (χ2v) is 23.9. The van der Waals surface area contributed by atoms with Crippen LogP contribution in [0.5, 0.6) is 0 Å². The fourth-order valence-electron chi connectivity index (χ4n) is 10.7. The Morgan fingerprint density at radius 1 is 0.444 bits per heavy atom. The van der Waals surface area contributed by atoms with Crippen molar-refractivity contribution in [3.8, 4) is 0 Å². The fraction of sp³-hybridized carbons (Fsp3) is 0.857. The number of allylic oxidation sites excluding steroid dienone is 7. The number of hydrogen-bond donors (Lipinski definition) is 6. The lowest BCUT2D eigenvalue weighted by Gasteiger charge is -2.40. The lowest BCUT2D eigenvalue weighted by Crippen LogP contribution is -2.60. The van der Waals surface area contributed by atoms with E-state index in [4.69, 9.17) is 14.2 Å². The van der Waals surface area contributed by atoms with E-state index in [1.54, 1.807) is 6.08 Å². The number of carbonyl (C=O) groups is 2. The van der Waals surface area contributed by atoms with Crippen LogP contribution >= 0.6 is 0 Å². The van der Waals surface area contributed by atoms with Crippen molar-refractivity contribution in [3.05, 3.63) is 48.6 Å². The van der Waals surface area contributed by atoms with Crippen LogP contribution in [0.1, 0.15) is 322 Å². The average Bonchev–Trinajstić information content (AvgIpc) is 3.47. The molecule has 1 aliphatic heterocycles. The number of aliphatic hydroxyl groups is 5. The lowest BCUT2D eigenvalue weighted by molar-refractivity contribution is -0.302. The molecule has 0 aromatic carbocycles. The monoisotopic (exact) mass is 1140 g/mol. The van der Waals surface area contributed by atoms with Crippen LogP contribution < -0.4 is 5.32 Å². The van der Waals surface area contributed by atoms with Gasteiger partial charge in [-0.15, -0.1) is 0 Å². The molecule has 1 fully saturated rings. The van der Waals surface area contributed by atoms with Crippen molar-refractivity contribution < 1.29 is 49.3 Å². The highest BCUT2D eigenvalue weighted by atomic mass is 16.7. The van der Waals surface area contributed by atoms with E-state index < -0.39 is 49.5 Å². The number of aliphatic hydroxyl groups excluding tert-OH is 5. The van der Waals surface area contributed by atoms with Gasteiger partial charge in [-0.3, -0.25) is 9.59 Å². The number of unbranched alkanes of at least 4 members (excludes halogenated alkanes) is 40. The van der Waals surface area contributed by atoms with Gasteiger partial charge in [0.15, 0.2) is 6.29 Å². The molecule has 1 saturated heterocycles. The van der Waals surface area contributed by atoms with Gasteiger partial charge in [-0.05, 0) is 96.3 Å². The summed E-state index contributed by atoms with van der Waals surface area (Å²) in [5.74, 6) is -0.191. The molecule has 0 saturated carbocycles. The number of nitrogens with one attached hydrogen (secondary N) is 1. The van der Waals surface area contributed by atoms with Gasteiger partial charge in [0, 0.05) is 12.8 Å². The predicted molar refractivity (Wildman–Crippen MR) is 338 cm³/mol. The minimum Gasteiger partial charge on any atom is -0.466 e. The first kappa shape index (κ1) is 76.6. The summed E-state index contributed by atoms with van der Waals surface area (Å²) in [6.45, 7) is 4.27. The first-order valence-corrected chi connectivity index (χ1v) is 34.4. The quantitative estimate of drug-likeness (QED) is 0.0195. The van der Waals surface area contributed by atoms with Gasteiger partial charge in [0.2, 0.25) is 5.91 Å². The predicted octanol–water partition coefficient (Wildman–Crippen LogP) is 17.2. The highest BCUT2D eigenvalue weighted by Gasteiger charge is 2.44. The fourth-order valence-corrected chi connectivity index (χ4v) is 10.7. The van der Waals surface area contributed by atoms with E-state index in [1.165, 1.54) is 238 Å². The van der Waals surface area contributed by atoms with Gasteiger partial charge in [-0.25, -0.2) is 0 Å². The highest BCUT2D eigenvalue weighted by molar-refractivity contribution is 5.76. The smallest absolute Gasteiger partial charge is 0.305 e. The maximum absolute atomic E-state index is 13.0. The number of rotatable bonds is 60. The standard InChI is InChI=1S/C70H129NO10/c1-3-5-7-9-11-13-14-38-42-46-50-54-58-66(75)79-59-55-51-47-43-39-36-34-32-30-28-26-24-22-20-18-16-15-17-19-21-23-25-27-29-31-33-35-37-41-45-49-53-57-65(74)71-62(63(73)56-52-48-44-40-12-10-8-6-4-2)61-80-70-69(78)68(77)67(76)64(60-72)81-70/h11-13,18,20,40,52,56,62-64,67-70,72-73,76-78H,3-10,14-17,19,21-39,41-51,53-55,57-61H2,1-2H3,(H,71,74)/b13-11-,20-18-,40-12+,56-52+. The van der Waals surface area contributed by atoms with Crippen molar-refractivity contribution in [1.82, 2.24) is 5.32 Å². The Balaban J connectivity index is 1.92. The van der Waals surface area contributed by atoms with Crippen LogP contribution in [0.25, 0.3) is 0 Å². The summed E-state index contributed by atoms with van der Waals surface area (Å²) in [6, 6.07) is -0.824. The molecule has 11 nitrogen and oxygen atoms in total. The third kappa shape index (κ3) is 48.5. The van der Waals surface area contributed by atoms with Gasteiger partial charge >= 0.3 is 5.97 Å². The van der Waals surface area contributed by atoms with Crippen LogP contribution in [0, 0.1) is 0 Å². The SMILES string of the molecule is CCCCC/C=C\CCCCCCCC(=O)OCCCCCCCCCCCCCC/C=C\CCCCCCCCCCCCCCCCCCC(=O)NC(COC1OC(CO)C(O)C(O)C1O)C(O)/C=C/CC/C=C/CCCCC. The van der Waals surface area contributed by atoms with E-state index in [0.717, 1.165) is 57.8 Å². The second kappa shape index (κ2) is 59.4. The van der Waals surface area contributed by atoms with Gasteiger partial charge in [0.1, 0.15) is 24.4 Å². The van der Waals surface area contributed by atoms with E-state index in [0.29, 0.717) is 19.4 Å². The molecule has 0 spiro atoms. The van der Waals surface area contributed by atoms with Gasteiger partial charge in [0.25, 0.3) is 0 Å². The van der Waals surface area contributed by atoms with Crippen LogP contribution in [0.4, 0.5) is 0 Å². The normalized spacial score (nSPS) is 18.5. The number of esters is 1. The minimum absolute atomic E-state index is 0.0000383. The minimum atomic E-state index is -1.57. The third-order valence-corrected chi connectivity index (χ3v) is 16.1. The molecule has 7 unspecified atom stereocenters. The zero-order valence-corrected chi connectivity index (χ0v) is 52.5. The maximum atomic E-state index is 13.0. The highest BCUT2D eigenvalue weighted by Crippen LogP contribution is 2.23. The van der Waals surface area contributed by atoms with Crippen molar-refractivity contribution in [3.63, 3.8) is 0 Å². The molecule has 81 heavy (non-hydrogen) atoms. The largest absolute Gasteiger partial charge is 0.466 e. The van der Waals surface area contributed by atoms with E-state index >= 15 is 0 Å². The third-order valence-electron chi connectivity index (χ3n) is 16.1. The Hall–Kier alpha value is -2.38. The van der Waals surface area contributed by atoms with Crippen molar-refractivity contribution in [1.29, 1.82) is 0 Å². The van der Waals surface area contributed by atoms with Crippen molar-refractivity contribution in [2.75, 3.05) is 19.8 Å². The molecule has 0 aliphatic carbocycles. The Bertz CT molecular complexity index is 1480.